The van der Waals surface area contributed by atoms with Crippen LogP contribution in [-0.4, -0.2) is 17.4 Å². The maximum absolute atomic E-state index is 11.5. The zero-order valence-corrected chi connectivity index (χ0v) is 24.5. The number of aryl methyl sites for hydroxylation is 1. The van der Waals surface area contributed by atoms with E-state index in [-0.39, 0.29) is 6.04 Å². The first-order chi connectivity index (χ1) is 16.4. The molecule has 3 rings (SSSR count). The van der Waals surface area contributed by atoms with Gasteiger partial charge in [-0.25, -0.2) is 0 Å². The van der Waals surface area contributed by atoms with Crippen LogP contribution in [0.4, 0.5) is 0 Å². The van der Waals surface area contributed by atoms with Gasteiger partial charge >= 0.3 is 37.9 Å². The van der Waals surface area contributed by atoms with Gasteiger partial charge in [-0.2, -0.15) is 0 Å². The molecule has 0 amide bonds. The minimum atomic E-state index is -0.826. The summed E-state index contributed by atoms with van der Waals surface area (Å²) in [4.78, 5) is 4.77. The maximum atomic E-state index is 11.5. The van der Waals surface area contributed by atoms with E-state index in [0.29, 0.717) is 5.75 Å². The fraction of sp³-hybridized carbons (Fsp3) is 0.345. The van der Waals surface area contributed by atoms with E-state index in [1.807, 2.05) is 25.3 Å². The van der Waals surface area contributed by atoms with Gasteiger partial charge in [-0.05, 0) is 43.9 Å². The fourth-order valence-corrected chi connectivity index (χ4v) is 4.26. The summed E-state index contributed by atoms with van der Waals surface area (Å²) in [5, 5.41) is 11.5. The van der Waals surface area contributed by atoms with Gasteiger partial charge in [0.2, 0.25) is 0 Å². The first kappa shape index (κ1) is 28.8. The SMILES string of the molecule is CCCCCC(C)N=Cc1c(C)ccc(C(C)(c2ccccc2)c2ccccc2)c1O.[Cl][Zr][Cl]. The number of hydrogen-bond acceptors (Lipinski definition) is 2. The molecule has 1 atom stereocenters. The molecule has 180 valence electrons. The molecule has 0 heterocycles. The van der Waals surface area contributed by atoms with E-state index in [1.54, 1.807) is 0 Å². The van der Waals surface area contributed by atoms with Crippen LogP contribution in [0.25, 0.3) is 0 Å². The van der Waals surface area contributed by atoms with E-state index in [0.717, 1.165) is 34.2 Å². The summed E-state index contributed by atoms with van der Waals surface area (Å²) in [6.07, 6.45) is 6.61. The monoisotopic (exact) mass is 573 g/mol. The van der Waals surface area contributed by atoms with Crippen molar-refractivity contribution in [2.75, 3.05) is 0 Å². The van der Waals surface area contributed by atoms with E-state index >= 15 is 0 Å². The van der Waals surface area contributed by atoms with Crippen LogP contribution in [0, 0.1) is 6.92 Å². The molecular formula is C29H35Cl2NOZr. The Balaban J connectivity index is 0.00000129. The van der Waals surface area contributed by atoms with Crippen LogP contribution in [-0.2, 0) is 26.3 Å². The van der Waals surface area contributed by atoms with E-state index in [9.17, 15) is 5.11 Å². The minimum absolute atomic E-state index is 0.253. The molecule has 0 saturated heterocycles. The molecule has 1 N–H and O–H groups in total. The molecule has 0 aromatic heterocycles. The van der Waals surface area contributed by atoms with E-state index in [2.05, 4.69) is 81.4 Å². The molecule has 1 unspecified atom stereocenters. The number of rotatable bonds is 9. The number of halogens is 2. The van der Waals surface area contributed by atoms with Crippen molar-refractivity contribution in [2.24, 2.45) is 4.99 Å². The Kier molecular flexibility index (Phi) is 12.6. The van der Waals surface area contributed by atoms with E-state index < -0.39 is 26.3 Å². The average Bonchev–Trinajstić information content (AvgIpc) is 2.85. The number of phenolic OH excluding ortho intramolecular Hbond substituents is 1. The number of hydrogen-bond donors (Lipinski definition) is 1. The summed E-state index contributed by atoms with van der Waals surface area (Å²) in [6.45, 7) is 8.60. The predicted molar refractivity (Wildman–Crippen MR) is 144 cm³/mol. The standard InChI is InChI=1S/C29H35NO.2ClH.Zr/c1-5-6-9-14-23(3)30-21-26-22(2)19-20-27(28(26)31)29(4,24-15-10-7-11-16-24)25-17-12-8-13-18-25;;;/h7-8,10-13,15-21,23,31H,5-6,9,14H2,1-4H3;2*1H;/q;;;+2/p-2. The second kappa shape index (κ2) is 14.9. The molecule has 0 aliphatic rings. The van der Waals surface area contributed by atoms with Gasteiger partial charge in [0.05, 0.1) is 0 Å². The van der Waals surface area contributed by atoms with Crippen LogP contribution < -0.4 is 0 Å². The zero-order chi connectivity index (χ0) is 25.0. The topological polar surface area (TPSA) is 32.6 Å². The van der Waals surface area contributed by atoms with Gasteiger partial charge in [-0.3, -0.25) is 4.99 Å². The van der Waals surface area contributed by atoms with Crippen LogP contribution in [0.1, 0.15) is 74.3 Å². The fourth-order valence-electron chi connectivity index (χ4n) is 4.26. The molecule has 3 aromatic rings. The van der Waals surface area contributed by atoms with Crippen molar-refractivity contribution in [1.29, 1.82) is 0 Å². The summed E-state index contributed by atoms with van der Waals surface area (Å²) in [7, 11) is 9.87. The molecule has 0 fully saturated rings. The third-order valence-electron chi connectivity index (χ3n) is 6.36. The Hall–Kier alpha value is -1.41. The number of nitrogens with zero attached hydrogens (tertiary/aromatic N) is 1. The van der Waals surface area contributed by atoms with Crippen LogP contribution in [0.3, 0.4) is 0 Å². The van der Waals surface area contributed by atoms with Crippen molar-refractivity contribution in [3.63, 3.8) is 0 Å². The third-order valence-corrected chi connectivity index (χ3v) is 6.36. The van der Waals surface area contributed by atoms with Crippen molar-refractivity contribution >= 4 is 23.2 Å². The summed E-state index contributed by atoms with van der Waals surface area (Å²) >= 11 is -0.826. The van der Waals surface area contributed by atoms with Crippen molar-refractivity contribution in [3.8, 4) is 5.75 Å². The molecule has 0 aliphatic carbocycles. The number of phenols is 1. The van der Waals surface area contributed by atoms with Crippen LogP contribution in [0.5, 0.6) is 5.75 Å². The zero-order valence-electron chi connectivity index (χ0n) is 20.6. The average molecular weight is 576 g/mol. The number of unbranched alkanes of at least 4 members (excludes halogenated alkanes) is 2. The molecule has 0 bridgehead atoms. The molecule has 0 aliphatic heterocycles. The van der Waals surface area contributed by atoms with Gasteiger partial charge < -0.3 is 5.11 Å². The van der Waals surface area contributed by atoms with Crippen molar-refractivity contribution in [3.05, 3.63) is 101 Å². The Bertz CT molecular complexity index is 986. The predicted octanol–water partition coefficient (Wildman–Crippen LogP) is 8.82. The Labute approximate surface area is 224 Å². The molecular weight excluding hydrogens is 540 g/mol. The Morgan fingerprint density at radius 2 is 1.47 bits per heavy atom. The molecule has 0 saturated carbocycles. The normalized spacial score (nSPS) is 12.2. The molecule has 3 aromatic carbocycles. The van der Waals surface area contributed by atoms with Crippen LogP contribution >= 0.6 is 17.0 Å². The third kappa shape index (κ3) is 7.54. The second-order valence-electron chi connectivity index (χ2n) is 8.74. The summed E-state index contributed by atoms with van der Waals surface area (Å²) in [6, 6.07) is 25.2. The van der Waals surface area contributed by atoms with Crippen molar-refractivity contribution in [2.45, 2.75) is 64.8 Å². The Morgan fingerprint density at radius 3 is 1.97 bits per heavy atom. The van der Waals surface area contributed by atoms with Gasteiger partial charge in [0.1, 0.15) is 5.75 Å². The second-order valence-corrected chi connectivity index (χ2v) is 12.5. The van der Waals surface area contributed by atoms with Gasteiger partial charge in [-0.1, -0.05) is 99.0 Å². The van der Waals surface area contributed by atoms with Gasteiger partial charge in [0.15, 0.2) is 0 Å². The molecule has 2 nitrogen and oxygen atoms in total. The molecule has 0 radical (unpaired) electrons. The Morgan fingerprint density at radius 1 is 0.941 bits per heavy atom. The van der Waals surface area contributed by atoms with Crippen molar-refractivity contribution < 1.29 is 26.0 Å². The molecule has 34 heavy (non-hydrogen) atoms. The van der Waals surface area contributed by atoms with E-state index in [4.69, 9.17) is 22.0 Å². The van der Waals surface area contributed by atoms with Gasteiger partial charge in [0.25, 0.3) is 0 Å². The van der Waals surface area contributed by atoms with Gasteiger partial charge in [-0.15, -0.1) is 0 Å². The number of benzene rings is 3. The summed E-state index contributed by atoms with van der Waals surface area (Å²) < 4.78 is 0. The summed E-state index contributed by atoms with van der Waals surface area (Å²) in [5.74, 6) is 0.319. The van der Waals surface area contributed by atoms with Crippen molar-refractivity contribution in [1.82, 2.24) is 0 Å². The molecule has 5 heteroatoms. The van der Waals surface area contributed by atoms with E-state index in [1.165, 1.54) is 19.3 Å². The molecule has 0 spiro atoms. The first-order valence-electron chi connectivity index (χ1n) is 11.8. The first-order valence-corrected chi connectivity index (χ1v) is 18.2. The number of aliphatic imine (C=N–C) groups is 1. The summed E-state index contributed by atoms with van der Waals surface area (Å²) in [5.41, 5.74) is 4.57. The van der Waals surface area contributed by atoms with Crippen LogP contribution in [0.2, 0.25) is 0 Å². The van der Waals surface area contributed by atoms with Gasteiger partial charge in [0, 0.05) is 28.8 Å². The number of aromatic hydroxyl groups is 1. The quantitative estimate of drug-likeness (QED) is 0.154. The van der Waals surface area contributed by atoms with Crippen LogP contribution in [0.15, 0.2) is 77.8 Å².